The molecule has 7 aromatic rings. The molecule has 3 unspecified atom stereocenters. The molecule has 0 amide bonds. The van der Waals surface area contributed by atoms with E-state index in [1.54, 1.807) is 0 Å². The maximum Gasteiger partial charge on any atom is 0.135 e. The summed E-state index contributed by atoms with van der Waals surface area (Å²) < 4.78 is 6.54. The van der Waals surface area contributed by atoms with E-state index in [4.69, 9.17) is 4.74 Å². The molecule has 1 heterocycles. The first kappa shape index (κ1) is 25.5. The maximum atomic E-state index is 6.54. The van der Waals surface area contributed by atoms with Crippen LogP contribution in [-0.4, -0.2) is 0 Å². The molecule has 0 bridgehead atoms. The summed E-state index contributed by atoms with van der Waals surface area (Å²) in [4.78, 5) is 0. The van der Waals surface area contributed by atoms with Crippen LogP contribution in [0, 0.1) is 5.92 Å². The van der Waals surface area contributed by atoms with Gasteiger partial charge in [0.05, 0.1) is 5.41 Å². The number of hydrogen-bond donors (Lipinski definition) is 0. The summed E-state index contributed by atoms with van der Waals surface area (Å²) in [5, 5.41) is 5.07. The van der Waals surface area contributed by atoms with Crippen LogP contribution in [0.25, 0.3) is 49.4 Å². The van der Waals surface area contributed by atoms with Crippen LogP contribution in [0.3, 0.4) is 0 Å². The van der Waals surface area contributed by atoms with Crippen LogP contribution in [-0.2, 0) is 5.41 Å². The lowest BCUT2D eigenvalue weighted by Crippen LogP contribution is -2.26. The Kier molecular flexibility index (Phi) is 4.88. The summed E-state index contributed by atoms with van der Waals surface area (Å²) in [5.74, 6) is 2.43. The molecule has 220 valence electrons. The Balaban J connectivity index is 1.11. The Morgan fingerprint density at radius 2 is 1.23 bits per heavy atom. The number of hydrogen-bond acceptors (Lipinski definition) is 1. The second kappa shape index (κ2) is 8.99. The second-order valence-electron chi connectivity index (χ2n) is 13.6. The van der Waals surface area contributed by atoms with Crippen molar-refractivity contribution in [2.24, 2.45) is 5.92 Å². The fourth-order valence-corrected chi connectivity index (χ4v) is 9.59. The summed E-state index contributed by atoms with van der Waals surface area (Å²) in [6.45, 7) is 2.37. The van der Waals surface area contributed by atoms with Gasteiger partial charge in [-0.05, 0) is 89.9 Å². The number of benzene rings is 7. The van der Waals surface area contributed by atoms with Gasteiger partial charge in [-0.2, -0.15) is 0 Å². The summed E-state index contributed by atoms with van der Waals surface area (Å²) in [6, 6.07) is 52.2. The van der Waals surface area contributed by atoms with Crippen LogP contribution in [0.1, 0.15) is 46.2 Å². The Morgan fingerprint density at radius 3 is 2.13 bits per heavy atom. The van der Waals surface area contributed by atoms with E-state index in [1.807, 2.05) is 0 Å². The summed E-state index contributed by atoms with van der Waals surface area (Å²) in [5.41, 5.74) is 14.6. The average molecular weight is 599 g/mol. The zero-order chi connectivity index (χ0) is 30.9. The molecule has 1 nitrogen and oxygen atoms in total. The second-order valence-corrected chi connectivity index (χ2v) is 13.6. The van der Waals surface area contributed by atoms with E-state index in [2.05, 4.69) is 159 Å². The molecule has 1 aliphatic heterocycles. The first-order valence-corrected chi connectivity index (χ1v) is 16.7. The minimum Gasteiger partial charge on any atom is -0.456 e. The van der Waals surface area contributed by atoms with Crippen molar-refractivity contribution in [3.8, 4) is 28.0 Å². The predicted molar refractivity (Wildman–Crippen MR) is 193 cm³/mol. The van der Waals surface area contributed by atoms with Gasteiger partial charge in [0.2, 0.25) is 0 Å². The Hall–Kier alpha value is -5.66. The molecule has 7 aromatic carbocycles. The average Bonchev–Trinajstić information content (AvgIpc) is 3.59. The van der Waals surface area contributed by atoms with Gasteiger partial charge in [0.25, 0.3) is 0 Å². The largest absolute Gasteiger partial charge is 0.456 e. The van der Waals surface area contributed by atoms with E-state index in [-0.39, 0.29) is 17.3 Å². The van der Waals surface area contributed by atoms with Gasteiger partial charge in [0, 0.05) is 16.9 Å². The van der Waals surface area contributed by atoms with Crippen molar-refractivity contribution in [3.63, 3.8) is 0 Å². The molecule has 0 N–H and O–H groups in total. The topological polar surface area (TPSA) is 9.23 Å². The Labute approximate surface area is 274 Å². The molecular weight excluding hydrogens is 569 g/mol. The molecule has 0 radical (unpaired) electrons. The zero-order valence-electron chi connectivity index (χ0n) is 26.0. The van der Waals surface area contributed by atoms with Crippen molar-refractivity contribution >= 4 is 27.1 Å². The van der Waals surface area contributed by atoms with E-state index >= 15 is 0 Å². The molecule has 1 heteroatoms. The van der Waals surface area contributed by atoms with Gasteiger partial charge in [-0.1, -0.05) is 146 Å². The van der Waals surface area contributed by atoms with E-state index in [1.165, 1.54) is 82.8 Å². The third kappa shape index (κ3) is 3.10. The number of fused-ring (bicyclic) bond motifs is 13. The maximum absolute atomic E-state index is 6.54. The minimum atomic E-state index is -0.347. The van der Waals surface area contributed by atoms with Gasteiger partial charge in [0.1, 0.15) is 11.5 Å². The Bertz CT molecular complexity index is 2580. The monoisotopic (exact) mass is 598 g/mol. The summed E-state index contributed by atoms with van der Waals surface area (Å²) in [6.07, 6.45) is 4.58. The molecule has 3 atom stereocenters. The van der Waals surface area contributed by atoms with Crippen LogP contribution in [0.5, 0.6) is 5.75 Å². The smallest absolute Gasteiger partial charge is 0.135 e. The fourth-order valence-electron chi connectivity index (χ4n) is 9.59. The first-order valence-electron chi connectivity index (χ1n) is 16.7. The SMILES string of the molecule is CC1C2=C(C=CC1c1ccc3c(c1)-c1ccccc1C31c3ccccc3-c3c1ccc1ccccc31)Oc1cccc3cccc2c13. The summed E-state index contributed by atoms with van der Waals surface area (Å²) >= 11 is 0. The van der Waals surface area contributed by atoms with Crippen LogP contribution in [0.4, 0.5) is 0 Å². The van der Waals surface area contributed by atoms with Crippen molar-refractivity contribution < 1.29 is 4.74 Å². The van der Waals surface area contributed by atoms with Gasteiger partial charge in [-0.15, -0.1) is 0 Å². The lowest BCUT2D eigenvalue weighted by Gasteiger charge is -2.34. The first-order chi connectivity index (χ1) is 23.2. The van der Waals surface area contributed by atoms with Crippen LogP contribution in [0.15, 0.2) is 157 Å². The van der Waals surface area contributed by atoms with Crippen molar-refractivity contribution in [2.45, 2.75) is 18.3 Å². The van der Waals surface area contributed by atoms with E-state index < -0.39 is 0 Å². The lowest BCUT2D eigenvalue weighted by atomic mass is 9.70. The van der Waals surface area contributed by atoms with E-state index in [0.717, 1.165) is 11.5 Å². The van der Waals surface area contributed by atoms with Gasteiger partial charge in [-0.25, -0.2) is 0 Å². The van der Waals surface area contributed by atoms with Gasteiger partial charge >= 0.3 is 0 Å². The van der Waals surface area contributed by atoms with E-state index in [0.29, 0.717) is 0 Å². The molecule has 1 spiro atoms. The van der Waals surface area contributed by atoms with Crippen molar-refractivity contribution in [1.82, 2.24) is 0 Å². The third-order valence-electron chi connectivity index (χ3n) is 11.5. The highest BCUT2D eigenvalue weighted by Crippen LogP contribution is 2.64. The number of ether oxygens (including phenoxy) is 1. The van der Waals surface area contributed by atoms with Crippen molar-refractivity contribution in [3.05, 3.63) is 191 Å². The molecule has 0 saturated carbocycles. The highest BCUT2D eigenvalue weighted by atomic mass is 16.5. The van der Waals surface area contributed by atoms with Gasteiger partial charge in [0.15, 0.2) is 0 Å². The highest BCUT2D eigenvalue weighted by molar-refractivity contribution is 6.06. The van der Waals surface area contributed by atoms with Gasteiger partial charge < -0.3 is 4.74 Å². The van der Waals surface area contributed by atoms with Crippen molar-refractivity contribution in [2.75, 3.05) is 0 Å². The molecule has 0 fully saturated rings. The van der Waals surface area contributed by atoms with Crippen LogP contribution >= 0.6 is 0 Å². The van der Waals surface area contributed by atoms with Crippen LogP contribution < -0.4 is 4.74 Å². The third-order valence-corrected chi connectivity index (χ3v) is 11.5. The predicted octanol–water partition coefficient (Wildman–Crippen LogP) is 11.4. The molecule has 0 saturated heterocycles. The normalized spacial score (nSPS) is 21.0. The molecule has 4 aliphatic rings. The molecule has 0 aromatic heterocycles. The Morgan fingerprint density at radius 1 is 0.553 bits per heavy atom. The summed E-state index contributed by atoms with van der Waals surface area (Å²) in [7, 11) is 0. The molecule has 47 heavy (non-hydrogen) atoms. The number of allylic oxidation sites excluding steroid dienone is 3. The van der Waals surface area contributed by atoms with Crippen LogP contribution in [0.2, 0.25) is 0 Å². The highest BCUT2D eigenvalue weighted by Gasteiger charge is 2.52. The standard InChI is InChI=1S/C46H30O/c1-27-31(22-25-42-43(27)35-16-8-11-29-12-9-19-41(47-42)44(29)35)30-21-23-39-36(26-30)33-14-4-6-17-37(33)46(39)38-18-7-5-15-34(38)45-32-13-3-2-10-28(32)20-24-40(45)46/h2-27,31H,1H3. The molecule has 3 aliphatic carbocycles. The quantitative estimate of drug-likeness (QED) is 0.183. The number of rotatable bonds is 1. The van der Waals surface area contributed by atoms with Crippen molar-refractivity contribution in [1.29, 1.82) is 0 Å². The van der Waals surface area contributed by atoms with E-state index in [9.17, 15) is 0 Å². The van der Waals surface area contributed by atoms with Gasteiger partial charge in [-0.3, -0.25) is 0 Å². The zero-order valence-corrected chi connectivity index (χ0v) is 26.0. The minimum absolute atomic E-state index is 0.235. The fraction of sp³-hybridized carbons (Fsp3) is 0.0870. The molecular formula is C46H30O. The lowest BCUT2D eigenvalue weighted by molar-refractivity contribution is 0.434. The molecule has 11 rings (SSSR count).